The molecule has 0 aliphatic heterocycles. The Hall–Kier alpha value is -2.03. The number of hydrogen-bond donors (Lipinski definition) is 3. The lowest BCUT2D eigenvalue weighted by molar-refractivity contribution is 0.262. The second-order valence-electron chi connectivity index (χ2n) is 7.88. The van der Waals surface area contributed by atoms with Gasteiger partial charge in [0.25, 0.3) is 0 Å². The molecule has 10 heteroatoms. The van der Waals surface area contributed by atoms with Crippen LogP contribution in [0.4, 0.5) is 16.2 Å². The minimum Gasteiger partial charge on any atom is -0.504 e. The Kier molecular flexibility index (Phi) is 5.83. The number of pyridine rings is 1. The Morgan fingerprint density at radius 3 is 2.37 bits per heavy atom. The lowest BCUT2D eigenvalue weighted by Crippen LogP contribution is -2.29. The molecule has 7 nitrogen and oxygen atoms in total. The second kappa shape index (κ2) is 8.24. The molecule has 3 N–H and O–H groups in total. The summed E-state index contributed by atoms with van der Waals surface area (Å²) in [4.78, 5) is 15.9. The average molecular weight is 470 g/mol. The summed E-state index contributed by atoms with van der Waals surface area (Å²) in [5.41, 5.74) is 0.213. The Bertz CT molecular complexity index is 1080. The predicted octanol–water partition coefficient (Wildman–Crippen LogP) is 5.09. The van der Waals surface area contributed by atoms with Crippen molar-refractivity contribution in [1.29, 1.82) is 0 Å². The van der Waals surface area contributed by atoms with Gasteiger partial charge in [-0.15, -0.1) is 0 Å². The lowest BCUT2D eigenvalue weighted by atomic mass is 9.89. The molecular weight excluding hydrogens is 449 g/mol. The number of phenolic OH excluding ortho intramolecular Hbond substituents is 1. The molecule has 2 saturated carbocycles. The molecule has 0 saturated heterocycles. The number of rotatable bonds is 4. The van der Waals surface area contributed by atoms with Crippen LogP contribution in [0.15, 0.2) is 35.4 Å². The number of halogens is 2. The first kappa shape index (κ1) is 21.2. The molecule has 4 rings (SSSR count). The topological polar surface area (TPSA) is 108 Å². The van der Waals surface area contributed by atoms with Gasteiger partial charge in [0.1, 0.15) is 4.90 Å². The fourth-order valence-corrected chi connectivity index (χ4v) is 7.29. The molecule has 2 aliphatic carbocycles. The van der Waals surface area contributed by atoms with Crippen LogP contribution in [0.25, 0.3) is 0 Å². The summed E-state index contributed by atoms with van der Waals surface area (Å²) in [6.07, 6.45) is 5.80. The average Bonchev–Trinajstić information content (AvgIpc) is 3.03. The fourth-order valence-electron chi connectivity index (χ4n) is 4.54. The first-order chi connectivity index (χ1) is 14.3. The summed E-state index contributed by atoms with van der Waals surface area (Å²) in [6.45, 7) is 0. The zero-order valence-electron chi connectivity index (χ0n) is 15.9. The van der Waals surface area contributed by atoms with Gasteiger partial charge in [-0.3, -0.25) is 0 Å². The van der Waals surface area contributed by atoms with Crippen LogP contribution >= 0.6 is 23.2 Å². The third-order valence-corrected chi connectivity index (χ3v) is 8.88. The fraction of sp³-hybridized carbons (Fsp3) is 0.400. The Morgan fingerprint density at radius 1 is 1.03 bits per heavy atom. The number of aromatic hydroxyl groups is 1. The van der Waals surface area contributed by atoms with Crippen LogP contribution in [0.1, 0.15) is 32.1 Å². The summed E-state index contributed by atoms with van der Waals surface area (Å²) in [6, 6.07) is 5.17. The third kappa shape index (κ3) is 4.08. The van der Waals surface area contributed by atoms with E-state index in [1.54, 1.807) is 12.1 Å². The zero-order chi connectivity index (χ0) is 21.5. The number of anilines is 2. The van der Waals surface area contributed by atoms with Gasteiger partial charge in [0.2, 0.25) is 0 Å². The molecule has 1 heterocycles. The molecule has 2 aromatic rings. The first-order valence-corrected chi connectivity index (χ1v) is 12.0. The molecule has 2 aliphatic rings. The number of sulfone groups is 1. The summed E-state index contributed by atoms with van der Waals surface area (Å²) < 4.78 is 26.6. The third-order valence-electron chi connectivity index (χ3n) is 5.90. The van der Waals surface area contributed by atoms with Crippen molar-refractivity contribution in [2.24, 2.45) is 11.8 Å². The molecule has 1 unspecified atom stereocenters. The van der Waals surface area contributed by atoms with E-state index in [2.05, 4.69) is 15.6 Å². The van der Waals surface area contributed by atoms with E-state index >= 15 is 0 Å². The highest BCUT2D eigenvalue weighted by Crippen LogP contribution is 2.47. The molecule has 30 heavy (non-hydrogen) atoms. The van der Waals surface area contributed by atoms with Gasteiger partial charge < -0.3 is 15.7 Å². The molecule has 160 valence electrons. The van der Waals surface area contributed by atoms with Gasteiger partial charge in [-0.2, -0.15) is 0 Å². The number of fused-ring (bicyclic) bond motifs is 2. The molecule has 0 radical (unpaired) electrons. The SMILES string of the molecule is O=C(Nc1cccnc1Cl)Nc1ccc(Cl)c(S(=O)(=O)C2C[C@H]3CC[C@@H](C2)C3)c1O. The maximum Gasteiger partial charge on any atom is 0.323 e. The first-order valence-electron chi connectivity index (χ1n) is 9.69. The predicted molar refractivity (Wildman–Crippen MR) is 116 cm³/mol. The number of phenols is 1. The van der Waals surface area contributed by atoms with E-state index < -0.39 is 26.9 Å². The van der Waals surface area contributed by atoms with Crippen molar-refractivity contribution in [2.75, 3.05) is 10.6 Å². The number of nitrogens with zero attached hydrogens (tertiary/aromatic N) is 1. The van der Waals surface area contributed by atoms with Crippen LogP contribution in [-0.4, -0.2) is 29.8 Å². The van der Waals surface area contributed by atoms with Gasteiger partial charge in [0.05, 0.1) is 21.6 Å². The quantitative estimate of drug-likeness (QED) is 0.426. The molecule has 1 aromatic heterocycles. The van der Waals surface area contributed by atoms with Gasteiger partial charge in [0.15, 0.2) is 20.7 Å². The highest BCUT2D eigenvalue weighted by molar-refractivity contribution is 7.92. The van der Waals surface area contributed by atoms with Crippen molar-refractivity contribution in [3.63, 3.8) is 0 Å². The van der Waals surface area contributed by atoms with Crippen molar-refractivity contribution >= 4 is 50.4 Å². The number of urea groups is 1. The monoisotopic (exact) mass is 469 g/mol. The number of aromatic nitrogens is 1. The number of hydrogen-bond acceptors (Lipinski definition) is 5. The zero-order valence-corrected chi connectivity index (χ0v) is 18.3. The van der Waals surface area contributed by atoms with E-state index in [0.29, 0.717) is 24.7 Å². The highest BCUT2D eigenvalue weighted by Gasteiger charge is 2.42. The van der Waals surface area contributed by atoms with Gasteiger partial charge in [0, 0.05) is 6.20 Å². The van der Waals surface area contributed by atoms with Crippen molar-refractivity contribution < 1.29 is 18.3 Å². The van der Waals surface area contributed by atoms with Crippen molar-refractivity contribution in [3.8, 4) is 5.75 Å². The number of carbonyl (C=O) groups excluding carboxylic acids is 1. The molecule has 1 aromatic carbocycles. The van der Waals surface area contributed by atoms with Crippen molar-refractivity contribution in [3.05, 3.63) is 40.6 Å². The molecule has 2 fully saturated rings. The van der Waals surface area contributed by atoms with E-state index in [-0.39, 0.29) is 26.4 Å². The molecule has 3 atom stereocenters. The van der Waals surface area contributed by atoms with Crippen LogP contribution in [0, 0.1) is 11.8 Å². The van der Waals surface area contributed by atoms with Crippen LogP contribution in [0.3, 0.4) is 0 Å². The normalized spacial score (nSPS) is 23.2. The standard InChI is InChI=1S/C20H21Cl2N3O4S/c21-14-5-6-15(24-20(27)25-16-2-1-7-23-19(16)22)17(26)18(14)30(28,29)13-9-11-3-4-12(8-11)10-13/h1-2,5-7,11-13,26H,3-4,8-10H2,(H2,24,25,27)/t11-,12+,13?. The molecular formula is C20H21Cl2N3O4S. The molecule has 0 spiro atoms. The van der Waals surface area contributed by atoms with Gasteiger partial charge in [-0.1, -0.05) is 36.0 Å². The Morgan fingerprint density at radius 2 is 1.70 bits per heavy atom. The van der Waals surface area contributed by atoms with Gasteiger partial charge in [-0.25, -0.2) is 18.2 Å². The largest absolute Gasteiger partial charge is 0.504 e. The summed E-state index contributed by atoms with van der Waals surface area (Å²) >= 11 is 12.1. The van der Waals surface area contributed by atoms with Crippen molar-refractivity contribution in [1.82, 2.24) is 4.98 Å². The maximum absolute atomic E-state index is 13.3. The Labute approximate surface area is 184 Å². The van der Waals surface area contributed by atoms with Gasteiger partial charge in [-0.05, 0) is 55.4 Å². The van der Waals surface area contributed by atoms with Crippen LogP contribution in [-0.2, 0) is 9.84 Å². The van der Waals surface area contributed by atoms with Gasteiger partial charge >= 0.3 is 6.03 Å². The van der Waals surface area contributed by atoms with Crippen molar-refractivity contribution in [2.45, 2.75) is 42.2 Å². The minimum atomic E-state index is -3.86. The minimum absolute atomic E-state index is 0.0609. The van der Waals surface area contributed by atoms with E-state index in [0.717, 1.165) is 19.3 Å². The lowest BCUT2D eigenvalue weighted by Gasteiger charge is -2.28. The number of nitrogens with one attached hydrogen (secondary N) is 2. The summed E-state index contributed by atoms with van der Waals surface area (Å²) in [5, 5.41) is 15.1. The van der Waals surface area contributed by atoms with E-state index in [1.165, 1.54) is 18.3 Å². The summed E-state index contributed by atoms with van der Waals surface area (Å²) in [5.74, 6) is 0.245. The number of amides is 2. The van der Waals surface area contributed by atoms with E-state index in [4.69, 9.17) is 23.2 Å². The second-order valence-corrected chi connectivity index (χ2v) is 10.8. The van der Waals surface area contributed by atoms with E-state index in [1.807, 2.05) is 0 Å². The smallest absolute Gasteiger partial charge is 0.323 e. The van der Waals surface area contributed by atoms with Crippen LogP contribution in [0.5, 0.6) is 5.75 Å². The summed E-state index contributed by atoms with van der Waals surface area (Å²) in [7, 11) is -3.86. The number of carbonyl (C=O) groups is 1. The van der Waals surface area contributed by atoms with Crippen LogP contribution in [0.2, 0.25) is 10.2 Å². The Balaban J connectivity index is 1.59. The molecule has 2 amide bonds. The molecule has 2 bridgehead atoms. The van der Waals surface area contributed by atoms with E-state index in [9.17, 15) is 18.3 Å². The maximum atomic E-state index is 13.3. The number of benzene rings is 1. The highest BCUT2D eigenvalue weighted by atomic mass is 35.5. The van der Waals surface area contributed by atoms with Crippen LogP contribution < -0.4 is 10.6 Å².